The molecule has 0 aliphatic carbocycles. The number of hydrogen-bond donors (Lipinski definition) is 1. The van der Waals surface area contributed by atoms with Gasteiger partial charge in [0.15, 0.2) is 0 Å². The second-order valence-electron chi connectivity index (χ2n) is 3.11. The molecule has 0 amide bonds. The van der Waals surface area contributed by atoms with Crippen LogP contribution in [0.25, 0.3) is 0 Å². The van der Waals surface area contributed by atoms with Crippen LogP contribution in [0.4, 0.5) is 5.69 Å². The van der Waals surface area contributed by atoms with E-state index in [0.29, 0.717) is 5.92 Å². The van der Waals surface area contributed by atoms with Gasteiger partial charge in [0.05, 0.1) is 11.9 Å². The first kappa shape index (κ1) is 8.05. The summed E-state index contributed by atoms with van der Waals surface area (Å²) in [6, 6.07) is 2.04. The van der Waals surface area contributed by atoms with E-state index < -0.39 is 0 Å². The molecule has 60 valence electrons. The standard InChI is InChI=1S/C9H14N2/c1-6(2)8-4-7(3)11-5-9(8)10/h4-6H,10H2,1-3H3. The minimum atomic E-state index is 0.483. The third-order valence-corrected chi connectivity index (χ3v) is 1.73. The van der Waals surface area contributed by atoms with E-state index in [9.17, 15) is 0 Å². The molecular weight excluding hydrogens is 136 g/mol. The first-order valence-electron chi connectivity index (χ1n) is 3.83. The van der Waals surface area contributed by atoms with Gasteiger partial charge in [0.2, 0.25) is 0 Å². The molecule has 0 aromatic carbocycles. The summed E-state index contributed by atoms with van der Waals surface area (Å²) >= 11 is 0. The predicted molar refractivity (Wildman–Crippen MR) is 47.5 cm³/mol. The molecule has 11 heavy (non-hydrogen) atoms. The Kier molecular flexibility index (Phi) is 2.13. The molecule has 1 rings (SSSR count). The molecule has 2 N–H and O–H groups in total. The molecule has 0 unspecified atom stereocenters. The van der Waals surface area contributed by atoms with Crippen molar-refractivity contribution in [2.45, 2.75) is 26.7 Å². The van der Waals surface area contributed by atoms with Gasteiger partial charge in [-0.1, -0.05) is 13.8 Å². The zero-order valence-corrected chi connectivity index (χ0v) is 7.26. The van der Waals surface area contributed by atoms with Crippen LogP contribution < -0.4 is 5.73 Å². The fourth-order valence-corrected chi connectivity index (χ4v) is 1.09. The average molecular weight is 150 g/mol. The summed E-state index contributed by atoms with van der Waals surface area (Å²) in [4.78, 5) is 4.10. The summed E-state index contributed by atoms with van der Waals surface area (Å²) in [5.41, 5.74) is 8.75. The van der Waals surface area contributed by atoms with Crippen LogP contribution in [0.15, 0.2) is 12.3 Å². The summed E-state index contributed by atoms with van der Waals surface area (Å²) in [7, 11) is 0. The zero-order chi connectivity index (χ0) is 8.43. The molecule has 1 aromatic heterocycles. The molecule has 0 saturated carbocycles. The number of nitrogen functional groups attached to an aromatic ring is 1. The van der Waals surface area contributed by atoms with Crippen LogP contribution in [0, 0.1) is 6.92 Å². The Labute approximate surface area is 67.5 Å². The van der Waals surface area contributed by atoms with Gasteiger partial charge in [-0.25, -0.2) is 0 Å². The van der Waals surface area contributed by atoms with Gasteiger partial charge in [-0.15, -0.1) is 0 Å². The largest absolute Gasteiger partial charge is 0.397 e. The van der Waals surface area contributed by atoms with Gasteiger partial charge in [-0.2, -0.15) is 0 Å². The summed E-state index contributed by atoms with van der Waals surface area (Å²) in [5, 5.41) is 0. The summed E-state index contributed by atoms with van der Waals surface area (Å²) in [6.45, 7) is 6.24. The van der Waals surface area contributed by atoms with Crippen LogP contribution in [0.1, 0.15) is 31.0 Å². The molecule has 0 saturated heterocycles. The number of pyridine rings is 1. The van der Waals surface area contributed by atoms with Gasteiger partial charge in [0, 0.05) is 5.69 Å². The van der Waals surface area contributed by atoms with Crippen LogP contribution in [-0.4, -0.2) is 4.98 Å². The summed E-state index contributed by atoms with van der Waals surface area (Å²) < 4.78 is 0. The number of nitrogens with zero attached hydrogens (tertiary/aromatic N) is 1. The van der Waals surface area contributed by atoms with Gasteiger partial charge in [0.1, 0.15) is 0 Å². The van der Waals surface area contributed by atoms with Crippen LogP contribution in [-0.2, 0) is 0 Å². The van der Waals surface area contributed by atoms with Gasteiger partial charge >= 0.3 is 0 Å². The van der Waals surface area contributed by atoms with E-state index in [-0.39, 0.29) is 0 Å². The molecule has 0 spiro atoms. The van der Waals surface area contributed by atoms with E-state index >= 15 is 0 Å². The maximum absolute atomic E-state index is 5.73. The molecule has 2 heteroatoms. The second-order valence-corrected chi connectivity index (χ2v) is 3.11. The van der Waals surface area contributed by atoms with E-state index in [2.05, 4.69) is 18.8 Å². The number of hydrogen-bond acceptors (Lipinski definition) is 2. The van der Waals surface area contributed by atoms with Crippen LogP contribution in [0.5, 0.6) is 0 Å². The smallest absolute Gasteiger partial charge is 0.0535 e. The number of aryl methyl sites for hydroxylation is 1. The minimum absolute atomic E-state index is 0.483. The molecular formula is C9H14N2. The van der Waals surface area contributed by atoms with Crippen LogP contribution in [0.2, 0.25) is 0 Å². The van der Waals surface area contributed by atoms with E-state index in [1.165, 1.54) is 5.56 Å². The summed E-state index contributed by atoms with van der Waals surface area (Å²) in [6.07, 6.45) is 1.73. The fourth-order valence-electron chi connectivity index (χ4n) is 1.09. The quantitative estimate of drug-likeness (QED) is 0.665. The lowest BCUT2D eigenvalue weighted by Gasteiger charge is -2.08. The van der Waals surface area contributed by atoms with Gasteiger partial charge in [-0.05, 0) is 24.5 Å². The van der Waals surface area contributed by atoms with Crippen molar-refractivity contribution in [1.29, 1.82) is 0 Å². The minimum Gasteiger partial charge on any atom is -0.397 e. The Morgan fingerprint density at radius 3 is 2.55 bits per heavy atom. The van der Waals surface area contributed by atoms with Crippen molar-refractivity contribution >= 4 is 5.69 Å². The van der Waals surface area contributed by atoms with Crippen molar-refractivity contribution < 1.29 is 0 Å². The molecule has 0 atom stereocenters. The molecule has 2 nitrogen and oxygen atoms in total. The van der Waals surface area contributed by atoms with E-state index in [1.807, 2.05) is 13.0 Å². The van der Waals surface area contributed by atoms with Gasteiger partial charge < -0.3 is 5.73 Å². The highest BCUT2D eigenvalue weighted by Crippen LogP contribution is 2.20. The lowest BCUT2D eigenvalue weighted by Crippen LogP contribution is -1.98. The predicted octanol–water partition coefficient (Wildman–Crippen LogP) is 2.10. The maximum Gasteiger partial charge on any atom is 0.0535 e. The average Bonchev–Trinajstić information content (AvgIpc) is 1.94. The molecule has 0 fully saturated rings. The number of aromatic nitrogens is 1. The Balaban J connectivity index is 3.13. The normalized spacial score (nSPS) is 10.5. The van der Waals surface area contributed by atoms with E-state index in [4.69, 9.17) is 5.73 Å². The Morgan fingerprint density at radius 1 is 1.45 bits per heavy atom. The monoisotopic (exact) mass is 150 g/mol. The molecule has 1 aromatic rings. The van der Waals surface area contributed by atoms with Crippen molar-refractivity contribution in [2.75, 3.05) is 5.73 Å². The number of rotatable bonds is 1. The Morgan fingerprint density at radius 2 is 2.09 bits per heavy atom. The zero-order valence-electron chi connectivity index (χ0n) is 7.26. The van der Waals surface area contributed by atoms with E-state index in [0.717, 1.165) is 11.4 Å². The third kappa shape index (κ3) is 1.70. The topological polar surface area (TPSA) is 38.9 Å². The third-order valence-electron chi connectivity index (χ3n) is 1.73. The lowest BCUT2D eigenvalue weighted by atomic mass is 10.0. The first-order valence-corrected chi connectivity index (χ1v) is 3.83. The number of nitrogens with two attached hydrogens (primary N) is 1. The van der Waals surface area contributed by atoms with Gasteiger partial charge in [-0.3, -0.25) is 4.98 Å². The summed E-state index contributed by atoms with van der Waals surface area (Å²) in [5.74, 6) is 0.483. The lowest BCUT2D eigenvalue weighted by molar-refractivity contribution is 0.863. The fraction of sp³-hybridized carbons (Fsp3) is 0.444. The molecule has 1 heterocycles. The highest BCUT2D eigenvalue weighted by molar-refractivity contribution is 5.46. The van der Waals surface area contributed by atoms with Crippen LogP contribution >= 0.6 is 0 Å². The maximum atomic E-state index is 5.73. The molecule has 0 aliphatic heterocycles. The second kappa shape index (κ2) is 2.91. The van der Waals surface area contributed by atoms with E-state index in [1.54, 1.807) is 6.20 Å². The van der Waals surface area contributed by atoms with Crippen molar-refractivity contribution in [3.63, 3.8) is 0 Å². The van der Waals surface area contributed by atoms with Crippen molar-refractivity contribution in [3.05, 3.63) is 23.5 Å². The SMILES string of the molecule is Cc1cc(C(C)C)c(N)cn1. The molecule has 0 aliphatic rings. The first-order chi connectivity index (χ1) is 5.11. The van der Waals surface area contributed by atoms with Gasteiger partial charge in [0.25, 0.3) is 0 Å². The highest BCUT2D eigenvalue weighted by Gasteiger charge is 2.03. The number of anilines is 1. The Hall–Kier alpha value is -1.05. The molecule has 0 bridgehead atoms. The Bertz CT molecular complexity index is 254. The van der Waals surface area contributed by atoms with Crippen molar-refractivity contribution in [2.24, 2.45) is 0 Å². The molecule has 0 radical (unpaired) electrons. The van der Waals surface area contributed by atoms with Crippen molar-refractivity contribution in [3.8, 4) is 0 Å². The van der Waals surface area contributed by atoms with Crippen molar-refractivity contribution in [1.82, 2.24) is 4.98 Å². The van der Waals surface area contributed by atoms with Crippen LogP contribution in [0.3, 0.4) is 0 Å². The highest BCUT2D eigenvalue weighted by atomic mass is 14.7.